The molecular formula is C26H19N2O3Pt-. The molecule has 0 fully saturated rings. The van der Waals surface area contributed by atoms with Crippen LogP contribution in [0.3, 0.4) is 0 Å². The Morgan fingerprint density at radius 2 is 1.84 bits per heavy atom. The van der Waals surface area contributed by atoms with E-state index in [0.717, 1.165) is 23.8 Å². The van der Waals surface area contributed by atoms with Crippen LogP contribution in [0.25, 0.3) is 10.9 Å². The van der Waals surface area contributed by atoms with Gasteiger partial charge in [-0.1, -0.05) is 48.0 Å². The number of benzene rings is 3. The number of pyridine rings is 1. The van der Waals surface area contributed by atoms with Gasteiger partial charge in [0.2, 0.25) is 5.88 Å². The standard InChI is InChI=1S/C26H19N2O3.Pt/c29-22-10-4-6-17-12-14-23(28-24(17)22)30-19-8-3-7-18(15-19)26-27-21-13-11-16-5-1-2-9-20(16)25(21)31-26;/h1-10,12,14,21,25,29H,11,13H2;/q-1;/t21-,25-;/m0./s1. The summed E-state index contributed by atoms with van der Waals surface area (Å²) >= 11 is 0. The number of hydrogen-bond donors (Lipinski definition) is 1. The van der Waals surface area contributed by atoms with Crippen molar-refractivity contribution in [2.24, 2.45) is 4.99 Å². The molecule has 1 aromatic heterocycles. The third kappa shape index (κ3) is 3.67. The number of aromatic hydroxyl groups is 1. The fourth-order valence-electron chi connectivity index (χ4n) is 4.33. The molecule has 2 heterocycles. The quantitative estimate of drug-likeness (QED) is 0.321. The number of phenolic OH excluding ortho intramolecular Hbond substituents is 1. The monoisotopic (exact) mass is 602 g/mol. The molecule has 162 valence electrons. The van der Waals surface area contributed by atoms with Crippen LogP contribution in [0.4, 0.5) is 0 Å². The van der Waals surface area contributed by atoms with E-state index in [1.54, 1.807) is 18.2 Å². The van der Waals surface area contributed by atoms with Gasteiger partial charge in [-0.25, -0.2) is 4.98 Å². The third-order valence-electron chi connectivity index (χ3n) is 5.83. The van der Waals surface area contributed by atoms with Crippen LogP contribution >= 0.6 is 0 Å². The van der Waals surface area contributed by atoms with E-state index in [2.05, 4.69) is 35.3 Å². The minimum Gasteiger partial charge on any atom is -0.510 e. The molecular weight excluding hydrogens is 583 g/mol. The van der Waals surface area contributed by atoms with Gasteiger partial charge in [0.25, 0.3) is 0 Å². The van der Waals surface area contributed by atoms with Crippen LogP contribution in [-0.4, -0.2) is 22.0 Å². The number of ether oxygens (including phenoxy) is 2. The van der Waals surface area contributed by atoms with E-state index >= 15 is 0 Å². The molecule has 4 aromatic rings. The van der Waals surface area contributed by atoms with E-state index in [-0.39, 0.29) is 39.0 Å². The van der Waals surface area contributed by atoms with Gasteiger partial charge in [-0.05, 0) is 36.1 Å². The summed E-state index contributed by atoms with van der Waals surface area (Å²) in [6.07, 6.45) is 1.96. The first-order chi connectivity index (χ1) is 15.2. The number of hydrogen-bond acceptors (Lipinski definition) is 5. The SMILES string of the molecule is Oc1cccc2ccc(Oc3[c-]c(C4=N[C@H]5CCc6ccccc6[C@@H]5O4)ccc3)nc12.[Pt]. The van der Waals surface area contributed by atoms with E-state index < -0.39 is 0 Å². The molecule has 0 saturated carbocycles. The molecule has 6 rings (SSSR count). The summed E-state index contributed by atoms with van der Waals surface area (Å²) in [7, 11) is 0. The van der Waals surface area contributed by atoms with Crippen LogP contribution in [0.2, 0.25) is 0 Å². The van der Waals surface area contributed by atoms with E-state index in [0.29, 0.717) is 23.0 Å². The van der Waals surface area contributed by atoms with Crippen molar-refractivity contribution in [2.75, 3.05) is 0 Å². The Morgan fingerprint density at radius 3 is 2.78 bits per heavy atom. The summed E-state index contributed by atoms with van der Waals surface area (Å²) in [5.74, 6) is 1.62. The molecule has 2 aliphatic rings. The fourth-order valence-corrected chi connectivity index (χ4v) is 4.33. The number of aliphatic imine (C=N–C) groups is 1. The Labute approximate surface area is 200 Å². The maximum atomic E-state index is 10.1. The van der Waals surface area contributed by atoms with E-state index in [1.165, 1.54) is 11.1 Å². The zero-order chi connectivity index (χ0) is 20.8. The first kappa shape index (κ1) is 20.7. The number of phenols is 1. The summed E-state index contributed by atoms with van der Waals surface area (Å²) in [4.78, 5) is 9.27. The molecule has 1 N–H and O–H groups in total. The molecule has 0 unspecified atom stereocenters. The van der Waals surface area contributed by atoms with Crippen molar-refractivity contribution >= 4 is 16.8 Å². The number of rotatable bonds is 3. The van der Waals surface area contributed by atoms with Gasteiger partial charge in [0.1, 0.15) is 23.3 Å². The third-order valence-corrected chi connectivity index (χ3v) is 5.83. The molecule has 0 radical (unpaired) electrons. The van der Waals surface area contributed by atoms with E-state index in [4.69, 9.17) is 14.5 Å². The smallest absolute Gasteiger partial charge is 0.217 e. The summed E-state index contributed by atoms with van der Waals surface area (Å²) in [6, 6.07) is 26.4. The molecule has 1 aliphatic carbocycles. The molecule has 0 amide bonds. The Hall–Kier alpha value is -3.17. The van der Waals surface area contributed by atoms with Gasteiger partial charge >= 0.3 is 0 Å². The molecule has 0 bridgehead atoms. The maximum absolute atomic E-state index is 10.1. The Bertz CT molecular complexity index is 1340. The van der Waals surface area contributed by atoms with Gasteiger partial charge in [0.05, 0.1) is 6.04 Å². The Kier molecular flexibility index (Phi) is 5.44. The van der Waals surface area contributed by atoms with Crippen molar-refractivity contribution in [3.63, 3.8) is 0 Å². The molecule has 0 saturated heterocycles. The van der Waals surface area contributed by atoms with Gasteiger partial charge in [-0.2, -0.15) is 0 Å². The van der Waals surface area contributed by atoms with Gasteiger partial charge in [-0.15, -0.1) is 18.2 Å². The molecule has 32 heavy (non-hydrogen) atoms. The number of para-hydroxylation sites is 1. The molecule has 6 heteroatoms. The number of fused-ring (bicyclic) bond motifs is 4. The molecule has 0 spiro atoms. The molecule has 2 atom stereocenters. The summed E-state index contributed by atoms with van der Waals surface area (Å²) in [6.45, 7) is 0. The minimum atomic E-state index is -0.0388. The van der Waals surface area contributed by atoms with Crippen LogP contribution in [0.1, 0.15) is 29.2 Å². The van der Waals surface area contributed by atoms with Gasteiger partial charge in [0.15, 0.2) is 0 Å². The van der Waals surface area contributed by atoms with Gasteiger partial charge in [0, 0.05) is 38.3 Å². The molecule has 5 nitrogen and oxygen atoms in total. The first-order valence-corrected chi connectivity index (χ1v) is 10.4. The van der Waals surface area contributed by atoms with Crippen molar-refractivity contribution < 1.29 is 35.6 Å². The number of nitrogens with zero attached hydrogens (tertiary/aromatic N) is 2. The predicted molar refractivity (Wildman–Crippen MR) is 118 cm³/mol. The number of aryl methyl sites for hydroxylation is 1. The van der Waals surface area contributed by atoms with Crippen molar-refractivity contribution in [1.82, 2.24) is 4.98 Å². The predicted octanol–water partition coefficient (Wildman–Crippen LogP) is 5.36. The Morgan fingerprint density at radius 1 is 0.969 bits per heavy atom. The van der Waals surface area contributed by atoms with Crippen molar-refractivity contribution in [3.8, 4) is 17.4 Å². The second kappa shape index (κ2) is 8.40. The van der Waals surface area contributed by atoms with Crippen LogP contribution in [0.15, 0.2) is 77.8 Å². The van der Waals surface area contributed by atoms with Crippen LogP contribution in [0, 0.1) is 6.07 Å². The zero-order valence-corrected chi connectivity index (χ0v) is 19.2. The van der Waals surface area contributed by atoms with Crippen LogP contribution in [-0.2, 0) is 32.2 Å². The zero-order valence-electron chi connectivity index (χ0n) is 17.0. The van der Waals surface area contributed by atoms with Crippen molar-refractivity contribution in [2.45, 2.75) is 25.0 Å². The normalized spacial score (nSPS) is 18.7. The summed E-state index contributed by atoms with van der Waals surface area (Å²) in [5, 5.41) is 10.9. The van der Waals surface area contributed by atoms with Crippen LogP contribution < -0.4 is 4.74 Å². The maximum Gasteiger partial charge on any atom is 0.217 e. The second-order valence-corrected chi connectivity index (χ2v) is 7.81. The van der Waals surface area contributed by atoms with E-state index in [1.807, 2.05) is 30.3 Å². The molecule has 1 aliphatic heterocycles. The fraction of sp³-hybridized carbons (Fsp3) is 0.154. The number of aromatic nitrogens is 1. The van der Waals surface area contributed by atoms with Gasteiger partial charge < -0.3 is 14.6 Å². The largest absolute Gasteiger partial charge is 0.510 e. The molecule has 3 aromatic carbocycles. The Balaban J connectivity index is 0.00000216. The average molecular weight is 603 g/mol. The van der Waals surface area contributed by atoms with Gasteiger partial charge in [-0.3, -0.25) is 4.99 Å². The topological polar surface area (TPSA) is 63.9 Å². The van der Waals surface area contributed by atoms with Crippen LogP contribution in [0.5, 0.6) is 17.4 Å². The van der Waals surface area contributed by atoms with Crippen molar-refractivity contribution in [1.29, 1.82) is 0 Å². The van der Waals surface area contributed by atoms with Crippen molar-refractivity contribution in [3.05, 3.63) is 95.6 Å². The summed E-state index contributed by atoms with van der Waals surface area (Å²) < 4.78 is 12.2. The van der Waals surface area contributed by atoms with E-state index in [9.17, 15) is 5.11 Å². The summed E-state index contributed by atoms with van der Waals surface area (Å²) in [5.41, 5.74) is 3.83. The average Bonchev–Trinajstić information content (AvgIpc) is 3.25. The minimum absolute atomic E-state index is 0. The first-order valence-electron chi connectivity index (χ1n) is 10.4. The second-order valence-electron chi connectivity index (χ2n) is 7.81.